The zero-order valence-electron chi connectivity index (χ0n) is 9.40. The lowest BCUT2D eigenvalue weighted by molar-refractivity contribution is 1.19. The maximum atomic E-state index is 3.39. The summed E-state index contributed by atoms with van der Waals surface area (Å²) in [5, 5.41) is 2.74. The predicted octanol–water partition coefficient (Wildman–Crippen LogP) is 4.08. The third-order valence-electron chi connectivity index (χ3n) is 3.58. The third kappa shape index (κ3) is 1.16. The molecule has 4 rings (SSSR count). The fraction of sp³-hybridized carbons (Fsp3) is 0.0588. The van der Waals surface area contributed by atoms with Crippen LogP contribution in [0.5, 0.6) is 0 Å². The van der Waals surface area contributed by atoms with Crippen molar-refractivity contribution in [3.05, 3.63) is 77.4 Å². The van der Waals surface area contributed by atoms with E-state index in [9.17, 15) is 0 Å². The van der Waals surface area contributed by atoms with Crippen molar-refractivity contribution in [2.75, 3.05) is 0 Å². The van der Waals surface area contributed by atoms with E-state index >= 15 is 0 Å². The van der Waals surface area contributed by atoms with Crippen molar-refractivity contribution in [1.29, 1.82) is 0 Å². The lowest BCUT2D eigenvalue weighted by atomic mass is 9.80. The van der Waals surface area contributed by atoms with Crippen LogP contribution in [-0.2, 0) is 6.42 Å². The first-order chi connectivity index (χ1) is 8.43. The minimum absolute atomic E-state index is 1.03. The zero-order chi connectivity index (χ0) is 11.2. The lowest BCUT2D eigenvalue weighted by Crippen LogP contribution is -2.05. The molecule has 0 fully saturated rings. The van der Waals surface area contributed by atoms with Crippen molar-refractivity contribution in [1.82, 2.24) is 0 Å². The average Bonchev–Trinajstić information content (AvgIpc) is 2.39. The molecule has 0 heteroatoms. The molecule has 78 valence electrons. The summed E-state index contributed by atoms with van der Waals surface area (Å²) in [6, 6.07) is 13.1. The summed E-state index contributed by atoms with van der Waals surface area (Å²) < 4.78 is 0. The van der Waals surface area contributed by atoms with Crippen LogP contribution in [0.3, 0.4) is 0 Å². The summed E-state index contributed by atoms with van der Waals surface area (Å²) in [6.45, 7) is 0. The molecule has 0 saturated carbocycles. The van der Waals surface area contributed by atoms with Gasteiger partial charge in [-0.3, -0.25) is 0 Å². The Morgan fingerprint density at radius 2 is 1.88 bits per heavy atom. The number of rotatable bonds is 0. The van der Waals surface area contributed by atoms with Crippen molar-refractivity contribution < 1.29 is 0 Å². The molecule has 0 N–H and O–H groups in total. The first-order valence-corrected chi connectivity index (χ1v) is 5.94. The van der Waals surface area contributed by atoms with Crippen LogP contribution in [0.2, 0.25) is 0 Å². The Morgan fingerprint density at radius 1 is 1.00 bits per heavy atom. The SMILES string of the molecule is [C+]1=C2C(=CC=C1)Cc1cccc3cccc2c13. The van der Waals surface area contributed by atoms with Crippen LogP contribution in [0, 0.1) is 6.08 Å². The molecule has 0 aromatic heterocycles. The van der Waals surface area contributed by atoms with E-state index < -0.39 is 0 Å². The van der Waals surface area contributed by atoms with Gasteiger partial charge in [0.1, 0.15) is 0 Å². The maximum Gasteiger partial charge on any atom is 0.159 e. The van der Waals surface area contributed by atoms with E-state index in [-0.39, 0.29) is 0 Å². The molecule has 2 aliphatic carbocycles. The number of allylic oxidation sites excluding steroid dienone is 6. The Labute approximate surface area is 101 Å². The van der Waals surface area contributed by atoms with Gasteiger partial charge in [0.05, 0.1) is 17.2 Å². The fourth-order valence-corrected chi connectivity index (χ4v) is 2.85. The predicted molar refractivity (Wildman–Crippen MR) is 71.5 cm³/mol. The van der Waals surface area contributed by atoms with Gasteiger partial charge in [0, 0.05) is 30.0 Å². The van der Waals surface area contributed by atoms with Crippen molar-refractivity contribution >= 4 is 16.3 Å². The molecule has 0 heterocycles. The Hall–Kier alpha value is -2.17. The van der Waals surface area contributed by atoms with Gasteiger partial charge in [-0.2, -0.15) is 0 Å². The molecule has 0 radical (unpaired) electrons. The van der Waals surface area contributed by atoms with E-state index in [0.29, 0.717) is 0 Å². The topological polar surface area (TPSA) is 0 Å². The molecule has 0 saturated heterocycles. The second-order valence-electron chi connectivity index (χ2n) is 4.57. The number of fused-ring (bicyclic) bond motifs is 2. The maximum absolute atomic E-state index is 3.39. The first kappa shape index (κ1) is 8.92. The molecule has 0 bridgehead atoms. The summed E-state index contributed by atoms with van der Waals surface area (Å²) >= 11 is 0. The van der Waals surface area contributed by atoms with Gasteiger partial charge >= 0.3 is 0 Å². The zero-order valence-corrected chi connectivity index (χ0v) is 9.40. The van der Waals surface area contributed by atoms with Crippen LogP contribution in [-0.4, -0.2) is 0 Å². The molecule has 0 spiro atoms. The van der Waals surface area contributed by atoms with Gasteiger partial charge in [-0.05, 0) is 17.0 Å². The first-order valence-electron chi connectivity index (χ1n) is 5.94. The van der Waals surface area contributed by atoms with E-state index in [1.54, 1.807) is 0 Å². The van der Waals surface area contributed by atoms with Crippen LogP contribution in [0.4, 0.5) is 0 Å². The fourth-order valence-electron chi connectivity index (χ4n) is 2.85. The Bertz CT molecular complexity index is 707. The highest BCUT2D eigenvalue weighted by atomic mass is 14.2. The number of benzene rings is 2. The summed E-state index contributed by atoms with van der Waals surface area (Å²) in [4.78, 5) is 0. The Morgan fingerprint density at radius 3 is 2.82 bits per heavy atom. The third-order valence-corrected chi connectivity index (χ3v) is 3.58. The minimum Gasteiger partial charge on any atom is -0.0612 e. The van der Waals surface area contributed by atoms with Crippen LogP contribution >= 0.6 is 0 Å². The van der Waals surface area contributed by atoms with Crippen molar-refractivity contribution in [2.45, 2.75) is 6.42 Å². The van der Waals surface area contributed by atoms with Gasteiger partial charge in [0.15, 0.2) is 5.57 Å². The quantitative estimate of drug-likeness (QED) is 0.581. The van der Waals surface area contributed by atoms with Gasteiger partial charge in [0.2, 0.25) is 0 Å². The Kier molecular flexibility index (Phi) is 1.66. The van der Waals surface area contributed by atoms with E-state index in [0.717, 1.165) is 6.42 Å². The normalized spacial score (nSPS) is 16.0. The molecule has 0 atom stereocenters. The number of hydrogen-bond donors (Lipinski definition) is 0. The molecule has 0 aliphatic heterocycles. The second-order valence-corrected chi connectivity index (χ2v) is 4.57. The van der Waals surface area contributed by atoms with Crippen LogP contribution in [0.1, 0.15) is 11.1 Å². The van der Waals surface area contributed by atoms with E-state index in [1.165, 1.54) is 33.0 Å². The van der Waals surface area contributed by atoms with Crippen molar-refractivity contribution in [3.8, 4) is 0 Å². The van der Waals surface area contributed by atoms with Gasteiger partial charge in [-0.25, -0.2) is 0 Å². The molecule has 0 nitrogen and oxygen atoms in total. The monoisotopic (exact) mass is 215 g/mol. The smallest absolute Gasteiger partial charge is 0.0612 e. The van der Waals surface area contributed by atoms with Gasteiger partial charge in [-0.15, -0.1) is 0 Å². The average molecular weight is 215 g/mol. The van der Waals surface area contributed by atoms with E-state index in [4.69, 9.17) is 0 Å². The summed E-state index contributed by atoms with van der Waals surface area (Å²) in [5.74, 6) is 0. The molecule has 0 amide bonds. The number of hydrogen-bond acceptors (Lipinski definition) is 0. The highest BCUT2D eigenvalue weighted by Gasteiger charge is 2.27. The van der Waals surface area contributed by atoms with Gasteiger partial charge in [-0.1, -0.05) is 30.3 Å². The molecule has 2 aliphatic rings. The molecular weight excluding hydrogens is 204 g/mol. The largest absolute Gasteiger partial charge is 0.159 e. The lowest BCUT2D eigenvalue weighted by Gasteiger charge is -2.16. The second kappa shape index (κ2) is 3.16. The molecule has 2 aromatic carbocycles. The van der Waals surface area contributed by atoms with E-state index in [1.807, 2.05) is 6.08 Å². The molecule has 0 unspecified atom stereocenters. The van der Waals surface area contributed by atoms with Gasteiger partial charge in [0.25, 0.3) is 0 Å². The summed E-state index contributed by atoms with van der Waals surface area (Å²) in [5.41, 5.74) is 5.43. The summed E-state index contributed by atoms with van der Waals surface area (Å²) in [7, 11) is 0. The molecule has 2 aromatic rings. The highest BCUT2D eigenvalue weighted by molar-refractivity contribution is 6.02. The molecular formula is C17H11+. The standard InChI is InChI=1S/C17H11/c1-2-9-15-13(5-1)11-14-8-3-6-12-7-4-10-16(15)17(12)14/h1-8,10H,11H2/q+1. The van der Waals surface area contributed by atoms with E-state index in [2.05, 4.69) is 54.6 Å². The highest BCUT2D eigenvalue weighted by Crippen LogP contribution is 2.39. The van der Waals surface area contributed by atoms with Gasteiger partial charge < -0.3 is 0 Å². The molecule has 17 heavy (non-hydrogen) atoms. The van der Waals surface area contributed by atoms with Crippen molar-refractivity contribution in [3.63, 3.8) is 0 Å². The minimum atomic E-state index is 1.03. The Balaban J connectivity index is 2.18. The summed E-state index contributed by atoms with van der Waals surface area (Å²) in [6.07, 6.45) is 10.7. The van der Waals surface area contributed by atoms with Crippen molar-refractivity contribution in [2.24, 2.45) is 0 Å². The van der Waals surface area contributed by atoms with Crippen LogP contribution in [0.25, 0.3) is 16.3 Å². The van der Waals surface area contributed by atoms with Crippen LogP contribution < -0.4 is 0 Å². The van der Waals surface area contributed by atoms with Crippen LogP contribution in [0.15, 0.2) is 60.2 Å².